The standard InChI is InChI=1S/C16H15BrN4O6/c17-12-3-4-15(22)19(10-12)6-2-1-5-18-16(23)11-7-13(20(24)25)9-14(8-11)21(26)27/h3-4,7-10H,1-2,5-6H2,(H,18,23). The molecule has 27 heavy (non-hydrogen) atoms. The number of unbranched alkanes of at least 4 members (excludes halogenated alkanes) is 1. The molecule has 0 saturated carbocycles. The highest BCUT2D eigenvalue weighted by Crippen LogP contribution is 2.22. The molecule has 0 fully saturated rings. The van der Waals surface area contributed by atoms with Gasteiger partial charge in [0, 0.05) is 42.0 Å². The van der Waals surface area contributed by atoms with Crippen LogP contribution in [-0.4, -0.2) is 26.9 Å². The van der Waals surface area contributed by atoms with E-state index < -0.39 is 27.1 Å². The van der Waals surface area contributed by atoms with Crippen molar-refractivity contribution in [2.45, 2.75) is 19.4 Å². The van der Waals surface area contributed by atoms with E-state index in [0.717, 1.165) is 22.7 Å². The number of aryl methyl sites for hydroxylation is 1. The van der Waals surface area contributed by atoms with Crippen molar-refractivity contribution >= 4 is 33.2 Å². The van der Waals surface area contributed by atoms with E-state index in [4.69, 9.17) is 0 Å². The van der Waals surface area contributed by atoms with Gasteiger partial charge in [0.25, 0.3) is 22.8 Å². The Morgan fingerprint density at radius 2 is 1.70 bits per heavy atom. The van der Waals surface area contributed by atoms with Crippen LogP contribution in [0.3, 0.4) is 0 Å². The summed E-state index contributed by atoms with van der Waals surface area (Å²) < 4.78 is 2.32. The fourth-order valence-corrected chi connectivity index (χ4v) is 2.70. The van der Waals surface area contributed by atoms with Gasteiger partial charge in [-0.1, -0.05) is 0 Å². The van der Waals surface area contributed by atoms with Crippen molar-refractivity contribution in [1.82, 2.24) is 9.88 Å². The Hall–Kier alpha value is -3.08. The average Bonchev–Trinajstić information content (AvgIpc) is 2.63. The van der Waals surface area contributed by atoms with Gasteiger partial charge in [-0.25, -0.2) is 0 Å². The lowest BCUT2D eigenvalue weighted by atomic mass is 10.1. The topological polar surface area (TPSA) is 137 Å². The van der Waals surface area contributed by atoms with Crippen molar-refractivity contribution in [3.05, 3.63) is 77.1 Å². The molecule has 1 aromatic heterocycles. The van der Waals surface area contributed by atoms with E-state index >= 15 is 0 Å². The summed E-state index contributed by atoms with van der Waals surface area (Å²) in [5, 5.41) is 24.3. The summed E-state index contributed by atoms with van der Waals surface area (Å²) >= 11 is 3.28. The maximum atomic E-state index is 12.1. The van der Waals surface area contributed by atoms with Crippen LogP contribution in [0.5, 0.6) is 0 Å². The summed E-state index contributed by atoms with van der Waals surface area (Å²) in [5.74, 6) is -0.638. The highest BCUT2D eigenvalue weighted by atomic mass is 79.9. The van der Waals surface area contributed by atoms with Crippen molar-refractivity contribution in [1.29, 1.82) is 0 Å². The van der Waals surface area contributed by atoms with Gasteiger partial charge in [0.15, 0.2) is 0 Å². The lowest BCUT2D eigenvalue weighted by molar-refractivity contribution is -0.394. The number of nitrogens with zero attached hydrogens (tertiary/aromatic N) is 3. The van der Waals surface area contributed by atoms with Gasteiger partial charge in [-0.2, -0.15) is 0 Å². The summed E-state index contributed by atoms with van der Waals surface area (Å²) in [5.41, 5.74) is -1.34. The quantitative estimate of drug-likeness (QED) is 0.381. The number of non-ortho nitro benzene ring substituents is 2. The molecule has 1 N–H and O–H groups in total. The lowest BCUT2D eigenvalue weighted by Crippen LogP contribution is -2.25. The molecule has 2 rings (SSSR count). The maximum absolute atomic E-state index is 12.1. The van der Waals surface area contributed by atoms with Crippen molar-refractivity contribution in [3.63, 3.8) is 0 Å². The number of hydrogen-bond acceptors (Lipinski definition) is 6. The Kier molecular flexibility index (Phi) is 6.77. The minimum absolute atomic E-state index is 0.133. The van der Waals surface area contributed by atoms with Gasteiger partial charge in [-0.05, 0) is 34.8 Å². The smallest absolute Gasteiger partial charge is 0.277 e. The minimum Gasteiger partial charge on any atom is -0.352 e. The zero-order valence-electron chi connectivity index (χ0n) is 14.0. The van der Waals surface area contributed by atoms with Gasteiger partial charge in [0.1, 0.15) is 0 Å². The van der Waals surface area contributed by atoms with E-state index in [1.54, 1.807) is 12.3 Å². The number of amides is 1. The molecule has 10 nitrogen and oxygen atoms in total. The molecule has 0 saturated heterocycles. The summed E-state index contributed by atoms with van der Waals surface area (Å²) in [7, 11) is 0. The Balaban J connectivity index is 1.92. The van der Waals surface area contributed by atoms with E-state index in [9.17, 15) is 29.8 Å². The monoisotopic (exact) mass is 438 g/mol. The van der Waals surface area contributed by atoms with Gasteiger partial charge in [0.05, 0.1) is 21.5 Å². The Morgan fingerprint density at radius 3 is 2.30 bits per heavy atom. The summed E-state index contributed by atoms with van der Waals surface area (Å²) in [6.07, 6.45) is 2.84. The third-order valence-corrected chi connectivity index (χ3v) is 4.11. The largest absolute Gasteiger partial charge is 0.352 e. The minimum atomic E-state index is -0.792. The molecule has 2 aromatic rings. The van der Waals surface area contributed by atoms with Crippen molar-refractivity contribution in [2.24, 2.45) is 0 Å². The predicted octanol–water partition coefficient (Wildman–Crippen LogP) is 2.64. The number of aromatic nitrogens is 1. The summed E-state index contributed by atoms with van der Waals surface area (Å²) in [6.45, 7) is 0.731. The molecule has 0 atom stereocenters. The molecule has 0 bridgehead atoms. The number of hydrogen-bond donors (Lipinski definition) is 1. The molecule has 0 aliphatic rings. The normalized spacial score (nSPS) is 10.4. The third-order valence-electron chi connectivity index (χ3n) is 3.65. The number of halogens is 1. The molecular formula is C16H15BrN4O6. The first kappa shape index (κ1) is 20.2. The first-order valence-corrected chi connectivity index (χ1v) is 8.65. The van der Waals surface area contributed by atoms with E-state index in [0.29, 0.717) is 19.4 Å². The molecule has 0 radical (unpaired) electrons. The Labute approximate surface area is 161 Å². The van der Waals surface area contributed by atoms with Gasteiger partial charge in [0.2, 0.25) is 0 Å². The van der Waals surface area contributed by atoms with E-state index in [1.165, 1.54) is 10.6 Å². The lowest BCUT2D eigenvalue weighted by Gasteiger charge is -2.07. The molecule has 0 spiro atoms. The Morgan fingerprint density at radius 1 is 1.07 bits per heavy atom. The first-order chi connectivity index (χ1) is 12.8. The second-order valence-corrected chi connectivity index (χ2v) is 6.51. The zero-order valence-corrected chi connectivity index (χ0v) is 15.5. The number of benzene rings is 1. The fraction of sp³-hybridized carbons (Fsp3) is 0.250. The molecule has 142 valence electrons. The van der Waals surface area contributed by atoms with Gasteiger partial charge >= 0.3 is 0 Å². The molecule has 1 aromatic carbocycles. The third kappa shape index (κ3) is 5.71. The van der Waals surface area contributed by atoms with Crippen molar-refractivity contribution < 1.29 is 14.6 Å². The number of pyridine rings is 1. The molecule has 1 amide bonds. The number of carbonyl (C=O) groups excluding carboxylic acids is 1. The predicted molar refractivity (Wildman–Crippen MR) is 99.7 cm³/mol. The van der Waals surface area contributed by atoms with Crippen LogP contribution in [0.15, 0.2) is 45.8 Å². The highest BCUT2D eigenvalue weighted by Gasteiger charge is 2.19. The van der Waals surface area contributed by atoms with Gasteiger partial charge < -0.3 is 9.88 Å². The van der Waals surface area contributed by atoms with Crippen LogP contribution in [-0.2, 0) is 6.54 Å². The van der Waals surface area contributed by atoms with Crippen molar-refractivity contribution in [2.75, 3.05) is 6.54 Å². The summed E-state index contributed by atoms with van der Waals surface area (Å²) in [4.78, 5) is 43.9. The molecule has 11 heteroatoms. The average molecular weight is 439 g/mol. The van der Waals surface area contributed by atoms with Crippen LogP contribution < -0.4 is 10.9 Å². The first-order valence-electron chi connectivity index (χ1n) is 7.86. The molecule has 0 aliphatic heterocycles. The van der Waals surface area contributed by atoms with E-state index in [1.807, 2.05) is 0 Å². The van der Waals surface area contributed by atoms with Crippen LogP contribution in [0.2, 0.25) is 0 Å². The van der Waals surface area contributed by atoms with Gasteiger partial charge in [-0.15, -0.1) is 0 Å². The summed E-state index contributed by atoms with van der Waals surface area (Å²) in [6, 6.07) is 5.87. The molecule has 0 aliphatic carbocycles. The van der Waals surface area contributed by atoms with Crippen LogP contribution in [0.25, 0.3) is 0 Å². The second kappa shape index (κ2) is 9.03. The molecule has 1 heterocycles. The van der Waals surface area contributed by atoms with Crippen LogP contribution in [0, 0.1) is 20.2 Å². The van der Waals surface area contributed by atoms with Crippen molar-refractivity contribution in [3.8, 4) is 0 Å². The number of carbonyl (C=O) groups is 1. The number of rotatable bonds is 8. The number of nitrogens with one attached hydrogen (secondary N) is 1. The van der Waals surface area contributed by atoms with E-state index in [-0.39, 0.29) is 17.7 Å². The second-order valence-electron chi connectivity index (χ2n) is 5.59. The van der Waals surface area contributed by atoms with Gasteiger partial charge in [-0.3, -0.25) is 29.8 Å². The molecule has 0 unspecified atom stereocenters. The van der Waals surface area contributed by atoms with E-state index in [2.05, 4.69) is 21.2 Å². The zero-order chi connectivity index (χ0) is 20.0. The maximum Gasteiger partial charge on any atom is 0.277 e. The highest BCUT2D eigenvalue weighted by molar-refractivity contribution is 9.10. The fourth-order valence-electron chi connectivity index (χ4n) is 2.33. The van der Waals surface area contributed by atoms with Crippen LogP contribution in [0.1, 0.15) is 23.2 Å². The molecular weight excluding hydrogens is 424 g/mol. The van der Waals surface area contributed by atoms with Crippen LogP contribution >= 0.6 is 15.9 Å². The number of nitro groups is 2. The number of nitro benzene ring substituents is 2. The SMILES string of the molecule is O=C(NCCCCn1cc(Br)ccc1=O)c1cc([N+](=O)[O-])cc([N+](=O)[O-])c1. The van der Waals surface area contributed by atoms with Crippen LogP contribution in [0.4, 0.5) is 11.4 Å². The Bertz CT molecular complexity index is 910.